The molecule has 11 N–H and O–H groups in total. The molecule has 23 nitrogen and oxygen atoms in total. The monoisotopic (exact) mass is 1100 g/mol. The van der Waals surface area contributed by atoms with Crippen LogP contribution in [0.1, 0.15) is 120 Å². The SMILES string of the molecule is CCCN(CCC)C(O)C1=Cc2ccc(C(=O)Nc3ccc(N4CCC(NC(=O)OCc5ccc(NC(=O)C(CCCNC(N)=O)NC(=O)C(NC(=O)CCCCCN6C(=O)C=CC6=O)C(C)C)cc5)CC4)nc3)cc2N=C(N)C1. The number of urea groups is 1. The number of carbonyl (C=O) groups is 8. The standard InChI is InChI=1S/C57H77N13O10/c1-5-26-69(27-6-2)55(77)40-31-38-15-16-39(32-45(38)65-46(58)33-40)52(74)63-43-19-20-47(61-34-43)68-29-23-42(24-30-68)64-57(79)80-35-37-13-17-41(18-14-37)62-53(75)44(11-10-25-60-56(59)78)66-54(76)51(36(3)4)67-48(71)12-8-7-9-28-70-49(72)21-22-50(70)73/h13-22,31-32,34,36,42,44,51,55,77H,5-12,23-30,33,35H2,1-4H3,(H2,58,65)(H,62,75)(H,63,74)(H,64,79)(H,66,76)(H,67,71)(H3,59,60,78). The minimum Gasteiger partial charge on any atom is -0.445 e. The van der Waals surface area contributed by atoms with Crippen LogP contribution >= 0.6 is 0 Å². The van der Waals surface area contributed by atoms with Gasteiger partial charge in [0.1, 0.15) is 36.6 Å². The smallest absolute Gasteiger partial charge is 0.407 e. The number of pyridine rings is 1. The zero-order valence-electron chi connectivity index (χ0n) is 46.1. The van der Waals surface area contributed by atoms with Crippen LogP contribution in [0.25, 0.3) is 6.08 Å². The normalized spacial score (nSPS) is 15.5. The lowest BCUT2D eigenvalue weighted by molar-refractivity contribution is -0.137. The van der Waals surface area contributed by atoms with Gasteiger partial charge in [-0.15, -0.1) is 0 Å². The average molecular weight is 1100 g/mol. The van der Waals surface area contributed by atoms with E-state index in [0.29, 0.717) is 92.1 Å². The third-order valence-electron chi connectivity index (χ3n) is 13.8. The lowest BCUT2D eigenvalue weighted by Gasteiger charge is -2.33. The van der Waals surface area contributed by atoms with E-state index in [1.54, 1.807) is 62.5 Å². The Labute approximate surface area is 466 Å². The van der Waals surface area contributed by atoms with E-state index in [2.05, 4.69) is 60.6 Å². The molecule has 430 valence electrons. The average Bonchev–Trinajstić information content (AvgIpc) is 3.67. The summed E-state index contributed by atoms with van der Waals surface area (Å²) in [4.78, 5) is 116. The number of amides is 9. The van der Waals surface area contributed by atoms with Crippen molar-refractivity contribution in [3.8, 4) is 0 Å². The Bertz CT molecular complexity index is 2730. The van der Waals surface area contributed by atoms with Crippen molar-refractivity contribution in [2.45, 2.75) is 129 Å². The highest BCUT2D eigenvalue weighted by molar-refractivity contribution is 6.13. The number of aliphatic hydroxyl groups is 1. The highest BCUT2D eigenvalue weighted by atomic mass is 16.5. The van der Waals surface area contributed by atoms with Gasteiger partial charge in [-0.3, -0.25) is 38.6 Å². The van der Waals surface area contributed by atoms with Crippen molar-refractivity contribution >= 4 is 82.4 Å². The number of nitrogens with one attached hydrogen (secondary N) is 6. The van der Waals surface area contributed by atoms with Crippen molar-refractivity contribution in [3.05, 3.63) is 95.2 Å². The Balaban J connectivity index is 0.920. The van der Waals surface area contributed by atoms with Crippen molar-refractivity contribution < 1.29 is 48.2 Å². The van der Waals surface area contributed by atoms with Crippen molar-refractivity contribution in [2.75, 3.05) is 54.8 Å². The number of nitrogens with two attached hydrogens (primary N) is 2. The number of piperidine rings is 1. The first-order valence-corrected chi connectivity index (χ1v) is 27.5. The number of aliphatic imine (C=N–C) groups is 1. The third-order valence-corrected chi connectivity index (χ3v) is 13.8. The number of ether oxygens (including phenoxy) is 1. The molecule has 0 saturated carbocycles. The summed E-state index contributed by atoms with van der Waals surface area (Å²) in [6, 6.07) is 12.6. The van der Waals surface area contributed by atoms with Gasteiger partial charge in [-0.2, -0.15) is 0 Å². The summed E-state index contributed by atoms with van der Waals surface area (Å²) in [5.74, 6) is -1.76. The summed E-state index contributed by atoms with van der Waals surface area (Å²) in [5.41, 5.74) is 15.6. The summed E-state index contributed by atoms with van der Waals surface area (Å²) < 4.78 is 5.53. The largest absolute Gasteiger partial charge is 0.445 e. The quantitative estimate of drug-likeness (QED) is 0.0264. The number of hydrogen-bond acceptors (Lipinski definition) is 15. The topological polar surface area (TPSA) is 325 Å². The number of aliphatic hydroxyl groups excluding tert-OH is 1. The second kappa shape index (κ2) is 30.3. The lowest BCUT2D eigenvalue weighted by Crippen LogP contribution is -2.54. The van der Waals surface area contributed by atoms with Gasteiger partial charge in [0.2, 0.25) is 17.7 Å². The summed E-state index contributed by atoms with van der Waals surface area (Å²) in [6.07, 6.45) is 10.1. The predicted molar refractivity (Wildman–Crippen MR) is 304 cm³/mol. The van der Waals surface area contributed by atoms with Crippen molar-refractivity contribution in [3.63, 3.8) is 0 Å². The van der Waals surface area contributed by atoms with Crippen LogP contribution in [0.3, 0.4) is 0 Å². The van der Waals surface area contributed by atoms with E-state index in [4.69, 9.17) is 16.2 Å². The van der Waals surface area contributed by atoms with Crippen LogP contribution in [-0.4, -0.2) is 137 Å². The van der Waals surface area contributed by atoms with Gasteiger partial charge in [-0.1, -0.05) is 52.3 Å². The fourth-order valence-electron chi connectivity index (χ4n) is 9.48. The maximum atomic E-state index is 13.6. The van der Waals surface area contributed by atoms with Crippen molar-refractivity contribution in [1.82, 2.24) is 36.1 Å². The molecule has 3 unspecified atom stereocenters. The molecule has 3 atom stereocenters. The molecule has 0 bridgehead atoms. The number of fused-ring (bicyclic) bond motifs is 1. The number of amidine groups is 1. The van der Waals surface area contributed by atoms with Gasteiger partial charge in [-0.25, -0.2) is 19.6 Å². The number of imide groups is 1. The Morgan fingerprint density at radius 2 is 1.55 bits per heavy atom. The molecular weight excluding hydrogens is 1030 g/mol. The zero-order chi connectivity index (χ0) is 57.7. The second-order valence-electron chi connectivity index (χ2n) is 20.5. The maximum Gasteiger partial charge on any atom is 0.407 e. The van der Waals surface area contributed by atoms with Gasteiger partial charge in [0.15, 0.2) is 0 Å². The molecule has 3 aromatic rings. The molecule has 9 amide bonds. The molecule has 1 aromatic heterocycles. The Kier molecular flexibility index (Phi) is 23.1. The summed E-state index contributed by atoms with van der Waals surface area (Å²) >= 11 is 0. The molecule has 6 rings (SSSR count). The van der Waals surface area contributed by atoms with E-state index < -0.39 is 42.3 Å². The van der Waals surface area contributed by atoms with E-state index >= 15 is 0 Å². The minimum atomic E-state index is -1.05. The fourth-order valence-corrected chi connectivity index (χ4v) is 9.48. The number of unbranched alkanes of at least 4 members (excludes halogenated alkanes) is 2. The molecule has 3 aliphatic rings. The number of benzene rings is 2. The lowest BCUT2D eigenvalue weighted by atomic mass is 10.0. The summed E-state index contributed by atoms with van der Waals surface area (Å²) in [6.45, 7) is 10.8. The number of aromatic nitrogens is 1. The molecule has 2 aromatic carbocycles. The van der Waals surface area contributed by atoms with Gasteiger partial charge >= 0.3 is 12.1 Å². The molecule has 0 aliphatic carbocycles. The first-order chi connectivity index (χ1) is 38.4. The first-order valence-electron chi connectivity index (χ1n) is 27.5. The summed E-state index contributed by atoms with van der Waals surface area (Å²) in [7, 11) is 0. The van der Waals surface area contributed by atoms with Crippen molar-refractivity contribution in [2.24, 2.45) is 22.4 Å². The number of primary amides is 1. The zero-order valence-corrected chi connectivity index (χ0v) is 46.1. The van der Waals surface area contributed by atoms with Gasteiger partial charge in [0.25, 0.3) is 17.7 Å². The van der Waals surface area contributed by atoms with E-state index in [9.17, 15) is 43.5 Å². The number of carbonyl (C=O) groups excluding carboxylic acids is 8. The fraction of sp³-hybridized carbons (Fsp3) is 0.474. The van der Waals surface area contributed by atoms with Crippen LogP contribution in [0.15, 0.2) is 83.5 Å². The number of alkyl carbamates (subject to hydrolysis) is 1. The van der Waals surface area contributed by atoms with E-state index in [1.807, 2.05) is 23.1 Å². The highest BCUT2D eigenvalue weighted by Crippen LogP contribution is 2.30. The molecule has 1 fully saturated rings. The number of nitrogens with zero attached hydrogens (tertiary/aromatic N) is 5. The predicted octanol–water partition coefficient (Wildman–Crippen LogP) is 4.94. The Morgan fingerprint density at radius 1 is 0.850 bits per heavy atom. The van der Waals surface area contributed by atoms with Gasteiger partial charge in [-0.05, 0) is 111 Å². The van der Waals surface area contributed by atoms with Crippen LogP contribution in [0.5, 0.6) is 0 Å². The van der Waals surface area contributed by atoms with Crippen LogP contribution in [-0.2, 0) is 35.3 Å². The van der Waals surface area contributed by atoms with E-state index in [1.165, 1.54) is 12.2 Å². The third kappa shape index (κ3) is 18.5. The van der Waals surface area contributed by atoms with E-state index in [0.717, 1.165) is 47.8 Å². The van der Waals surface area contributed by atoms with Crippen LogP contribution in [0, 0.1) is 5.92 Å². The Hall–Kier alpha value is -8.18. The molecule has 80 heavy (non-hydrogen) atoms. The number of anilines is 3. The number of hydrogen-bond donors (Lipinski definition) is 9. The van der Waals surface area contributed by atoms with Gasteiger partial charge in [0.05, 0.1) is 17.6 Å². The first kappa shape index (κ1) is 61.0. The summed E-state index contributed by atoms with van der Waals surface area (Å²) in [5, 5.41) is 27.9. The van der Waals surface area contributed by atoms with Crippen LogP contribution in [0.2, 0.25) is 0 Å². The molecule has 3 aliphatic heterocycles. The second-order valence-corrected chi connectivity index (χ2v) is 20.5. The number of rotatable bonds is 28. The van der Waals surface area contributed by atoms with E-state index in [-0.39, 0.29) is 68.1 Å². The van der Waals surface area contributed by atoms with Gasteiger partial charge in [0, 0.05) is 87.1 Å². The highest BCUT2D eigenvalue weighted by Gasteiger charge is 2.30. The van der Waals surface area contributed by atoms with Crippen LogP contribution in [0.4, 0.5) is 32.5 Å². The molecule has 0 spiro atoms. The molecule has 0 radical (unpaired) electrons. The minimum absolute atomic E-state index is 0.0342. The van der Waals surface area contributed by atoms with Crippen LogP contribution < -0.4 is 48.3 Å². The van der Waals surface area contributed by atoms with Crippen molar-refractivity contribution in [1.29, 1.82) is 0 Å². The Morgan fingerprint density at radius 3 is 2.20 bits per heavy atom. The molecule has 1 saturated heterocycles. The molecule has 4 heterocycles. The molecular formula is C57H77N13O10. The van der Waals surface area contributed by atoms with Gasteiger partial charge < -0.3 is 58.1 Å². The molecule has 23 heteroatoms. The maximum absolute atomic E-state index is 13.6.